The zero-order valence-electron chi connectivity index (χ0n) is 9.93. The van der Waals surface area contributed by atoms with Crippen LogP contribution in [0.25, 0.3) is 0 Å². The fourth-order valence-corrected chi connectivity index (χ4v) is 1.27. The van der Waals surface area contributed by atoms with Crippen molar-refractivity contribution >= 4 is 5.91 Å². The normalized spacial score (nSPS) is 10.5. The number of phenols is 2. The first kappa shape index (κ1) is 13.3. The minimum atomic E-state index is -0.394. The summed E-state index contributed by atoms with van der Waals surface area (Å²) in [4.78, 5) is 11.6. The molecule has 17 heavy (non-hydrogen) atoms. The molecule has 0 unspecified atom stereocenters. The van der Waals surface area contributed by atoms with Gasteiger partial charge in [0, 0.05) is 12.6 Å². The van der Waals surface area contributed by atoms with Gasteiger partial charge in [0.2, 0.25) is 0 Å². The minimum Gasteiger partial charge on any atom is -0.508 e. The van der Waals surface area contributed by atoms with E-state index in [1.54, 1.807) is 0 Å². The van der Waals surface area contributed by atoms with Crippen molar-refractivity contribution < 1.29 is 19.7 Å². The molecule has 3 N–H and O–H groups in total. The number of hydrogen-bond acceptors (Lipinski definition) is 4. The van der Waals surface area contributed by atoms with Gasteiger partial charge < -0.3 is 20.3 Å². The SMILES string of the molecule is CC(C)OCCNC(=O)c1ccc(O)cc1O. The Balaban J connectivity index is 2.47. The number of carbonyl (C=O) groups excluding carboxylic acids is 1. The Morgan fingerprint density at radius 2 is 2.12 bits per heavy atom. The van der Waals surface area contributed by atoms with E-state index in [9.17, 15) is 9.90 Å². The van der Waals surface area contributed by atoms with Gasteiger partial charge in [-0.15, -0.1) is 0 Å². The van der Waals surface area contributed by atoms with Crippen molar-refractivity contribution in [1.29, 1.82) is 0 Å². The van der Waals surface area contributed by atoms with Crippen LogP contribution in [0, 0.1) is 0 Å². The van der Waals surface area contributed by atoms with Crippen LogP contribution in [0.1, 0.15) is 24.2 Å². The summed E-state index contributed by atoms with van der Waals surface area (Å²) in [6.45, 7) is 4.61. The van der Waals surface area contributed by atoms with Gasteiger partial charge in [0.05, 0.1) is 18.3 Å². The Morgan fingerprint density at radius 1 is 1.41 bits per heavy atom. The molecule has 1 rings (SSSR count). The van der Waals surface area contributed by atoms with Crippen LogP contribution in [0.15, 0.2) is 18.2 Å². The summed E-state index contributed by atoms with van der Waals surface area (Å²) in [6, 6.07) is 3.84. The second-order valence-electron chi connectivity index (χ2n) is 3.88. The Bertz CT molecular complexity index is 390. The van der Waals surface area contributed by atoms with Crippen molar-refractivity contribution in [2.45, 2.75) is 20.0 Å². The van der Waals surface area contributed by atoms with E-state index < -0.39 is 5.91 Å². The fraction of sp³-hybridized carbons (Fsp3) is 0.417. The van der Waals surface area contributed by atoms with Gasteiger partial charge in [-0.1, -0.05) is 0 Å². The number of amides is 1. The number of nitrogens with one attached hydrogen (secondary N) is 1. The Morgan fingerprint density at radius 3 is 2.71 bits per heavy atom. The van der Waals surface area contributed by atoms with Crippen molar-refractivity contribution in [1.82, 2.24) is 5.32 Å². The molecule has 0 saturated heterocycles. The molecule has 0 saturated carbocycles. The number of rotatable bonds is 5. The monoisotopic (exact) mass is 239 g/mol. The number of aromatic hydroxyl groups is 2. The molecule has 5 heteroatoms. The van der Waals surface area contributed by atoms with Crippen molar-refractivity contribution in [2.75, 3.05) is 13.2 Å². The average Bonchev–Trinajstić information content (AvgIpc) is 2.23. The number of benzene rings is 1. The van der Waals surface area contributed by atoms with Gasteiger partial charge in [0.1, 0.15) is 11.5 Å². The number of phenolic OH excluding ortho intramolecular Hbond substituents is 2. The fourth-order valence-electron chi connectivity index (χ4n) is 1.27. The van der Waals surface area contributed by atoms with E-state index in [-0.39, 0.29) is 23.2 Å². The molecule has 1 aromatic carbocycles. The molecule has 0 aliphatic rings. The summed E-state index contributed by atoms with van der Waals surface area (Å²) in [5.41, 5.74) is 0.132. The molecule has 0 aromatic heterocycles. The lowest BCUT2D eigenvalue weighted by molar-refractivity contribution is 0.0745. The lowest BCUT2D eigenvalue weighted by atomic mass is 10.2. The first-order chi connectivity index (χ1) is 8.00. The predicted octanol–water partition coefficient (Wildman–Crippen LogP) is 1.25. The summed E-state index contributed by atoms with van der Waals surface area (Å²) < 4.78 is 5.26. The maximum Gasteiger partial charge on any atom is 0.255 e. The van der Waals surface area contributed by atoms with Crippen LogP contribution in [0.2, 0.25) is 0 Å². The van der Waals surface area contributed by atoms with Crippen molar-refractivity contribution in [2.24, 2.45) is 0 Å². The van der Waals surface area contributed by atoms with E-state index in [2.05, 4.69) is 5.32 Å². The van der Waals surface area contributed by atoms with Gasteiger partial charge in [0.15, 0.2) is 0 Å². The summed E-state index contributed by atoms with van der Waals surface area (Å²) in [7, 11) is 0. The number of hydrogen-bond donors (Lipinski definition) is 3. The molecule has 0 aliphatic heterocycles. The number of carbonyl (C=O) groups is 1. The first-order valence-electron chi connectivity index (χ1n) is 5.42. The van der Waals surface area contributed by atoms with E-state index in [0.717, 1.165) is 6.07 Å². The average molecular weight is 239 g/mol. The molecule has 0 atom stereocenters. The highest BCUT2D eigenvalue weighted by atomic mass is 16.5. The molecule has 0 spiro atoms. The zero-order valence-corrected chi connectivity index (χ0v) is 9.93. The maximum atomic E-state index is 11.6. The third-order valence-electron chi connectivity index (χ3n) is 2.06. The summed E-state index contributed by atoms with van der Waals surface area (Å²) in [6.07, 6.45) is 0.119. The van der Waals surface area contributed by atoms with Crippen LogP contribution in [0.3, 0.4) is 0 Å². The Kier molecular flexibility index (Phi) is 4.78. The van der Waals surface area contributed by atoms with E-state index in [1.165, 1.54) is 12.1 Å². The summed E-state index contributed by atoms with van der Waals surface area (Å²) >= 11 is 0. The topological polar surface area (TPSA) is 78.8 Å². The second-order valence-corrected chi connectivity index (χ2v) is 3.88. The predicted molar refractivity (Wildman–Crippen MR) is 63.2 cm³/mol. The Hall–Kier alpha value is -1.75. The zero-order chi connectivity index (χ0) is 12.8. The van der Waals surface area contributed by atoms with E-state index in [4.69, 9.17) is 9.84 Å². The molecule has 0 heterocycles. The smallest absolute Gasteiger partial charge is 0.255 e. The first-order valence-corrected chi connectivity index (χ1v) is 5.42. The van der Waals surface area contributed by atoms with Crippen LogP contribution in [-0.4, -0.2) is 35.4 Å². The molecule has 0 fully saturated rings. The van der Waals surface area contributed by atoms with E-state index in [1.807, 2.05) is 13.8 Å². The van der Waals surface area contributed by atoms with Crippen molar-refractivity contribution in [3.05, 3.63) is 23.8 Å². The molecule has 1 aromatic rings. The number of ether oxygens (including phenoxy) is 1. The van der Waals surface area contributed by atoms with Gasteiger partial charge in [0.25, 0.3) is 5.91 Å². The van der Waals surface area contributed by atoms with Gasteiger partial charge >= 0.3 is 0 Å². The van der Waals surface area contributed by atoms with Crippen LogP contribution < -0.4 is 5.32 Å². The summed E-state index contributed by atoms with van der Waals surface area (Å²) in [5.74, 6) is -0.718. The largest absolute Gasteiger partial charge is 0.508 e. The standard InChI is InChI=1S/C12H17NO4/c1-8(2)17-6-5-13-12(16)10-4-3-9(14)7-11(10)15/h3-4,7-8,14-15H,5-6H2,1-2H3,(H,13,16). The molecular weight excluding hydrogens is 222 g/mol. The molecule has 0 bridgehead atoms. The van der Waals surface area contributed by atoms with Crippen molar-refractivity contribution in [3.8, 4) is 11.5 Å². The molecule has 5 nitrogen and oxygen atoms in total. The second kappa shape index (κ2) is 6.10. The van der Waals surface area contributed by atoms with Crippen LogP contribution in [-0.2, 0) is 4.74 Å². The lowest BCUT2D eigenvalue weighted by Gasteiger charge is -2.09. The van der Waals surface area contributed by atoms with Crippen LogP contribution in [0.5, 0.6) is 11.5 Å². The van der Waals surface area contributed by atoms with E-state index in [0.29, 0.717) is 13.2 Å². The maximum absolute atomic E-state index is 11.6. The summed E-state index contributed by atoms with van der Waals surface area (Å²) in [5, 5.41) is 21.1. The van der Waals surface area contributed by atoms with Crippen molar-refractivity contribution in [3.63, 3.8) is 0 Å². The minimum absolute atomic E-state index is 0.0813. The molecular formula is C12H17NO4. The molecule has 0 aliphatic carbocycles. The highest BCUT2D eigenvalue weighted by Crippen LogP contribution is 2.22. The van der Waals surface area contributed by atoms with Crippen LogP contribution >= 0.6 is 0 Å². The Labute approximate surface area is 100 Å². The highest BCUT2D eigenvalue weighted by molar-refractivity contribution is 5.96. The van der Waals surface area contributed by atoms with Gasteiger partial charge in [-0.25, -0.2) is 0 Å². The molecule has 0 radical (unpaired) electrons. The molecule has 1 amide bonds. The third-order valence-corrected chi connectivity index (χ3v) is 2.06. The molecule has 94 valence electrons. The van der Waals surface area contributed by atoms with Crippen LogP contribution in [0.4, 0.5) is 0 Å². The highest BCUT2D eigenvalue weighted by Gasteiger charge is 2.10. The third kappa shape index (κ3) is 4.32. The van der Waals surface area contributed by atoms with Gasteiger partial charge in [-0.3, -0.25) is 4.79 Å². The van der Waals surface area contributed by atoms with Gasteiger partial charge in [-0.2, -0.15) is 0 Å². The quantitative estimate of drug-likeness (QED) is 0.676. The lowest BCUT2D eigenvalue weighted by Crippen LogP contribution is -2.28. The van der Waals surface area contributed by atoms with Gasteiger partial charge in [-0.05, 0) is 26.0 Å². The van der Waals surface area contributed by atoms with E-state index >= 15 is 0 Å².